The second kappa shape index (κ2) is 30.8. The number of aromatic nitrogens is 4. The molecule has 3 fully saturated rings. The molecule has 26 nitrogen and oxygen atoms in total. The maximum Gasteiger partial charge on any atom is 0.334 e. The third kappa shape index (κ3) is 14.8. The lowest BCUT2D eigenvalue weighted by molar-refractivity contribution is -0.386. The summed E-state index contributed by atoms with van der Waals surface area (Å²) in [5.74, 6) is -2.56. The first-order valence-corrected chi connectivity index (χ1v) is 31.1. The van der Waals surface area contributed by atoms with Gasteiger partial charge in [0, 0.05) is 61.5 Å². The van der Waals surface area contributed by atoms with E-state index < -0.39 is 81.7 Å². The number of fused-ring (bicyclic) bond motifs is 4. The first-order chi connectivity index (χ1) is 45.6. The largest absolute Gasteiger partial charge is 0.504 e. The van der Waals surface area contributed by atoms with Crippen molar-refractivity contribution < 1.29 is 78.2 Å². The molecule has 26 heteroatoms. The van der Waals surface area contributed by atoms with Crippen LogP contribution in [-0.2, 0) is 43.0 Å². The molecule has 10 rings (SSSR count). The van der Waals surface area contributed by atoms with Crippen molar-refractivity contribution in [2.75, 3.05) is 52.7 Å². The molecule has 5 aliphatic rings. The molecule has 1 saturated heterocycles. The van der Waals surface area contributed by atoms with Crippen LogP contribution in [-0.4, -0.2) is 160 Å². The molecule has 2 amide bonds. The summed E-state index contributed by atoms with van der Waals surface area (Å²) in [6.07, 6.45) is 10.7. The molecule has 5 aromatic rings. The molecule has 0 unspecified atom stereocenters. The zero-order chi connectivity index (χ0) is 70.7. The lowest BCUT2D eigenvalue weighted by Crippen LogP contribution is -2.65. The lowest BCUT2D eigenvalue weighted by Gasteiger charge is -2.48. The predicted octanol–water partition coefficient (Wildman–Crippen LogP) is 8.22. The monoisotopic (exact) mass is 1320 g/mol. The van der Waals surface area contributed by atoms with Gasteiger partial charge in [0.2, 0.25) is 11.7 Å². The van der Waals surface area contributed by atoms with Gasteiger partial charge in [-0.3, -0.25) is 24.5 Å². The maximum atomic E-state index is 14.2. The molecule has 3 heterocycles. The van der Waals surface area contributed by atoms with Crippen LogP contribution in [0.2, 0.25) is 0 Å². The number of benzene rings is 3. The number of phenols is 2. The second-order valence-corrected chi connectivity index (χ2v) is 24.3. The van der Waals surface area contributed by atoms with Crippen LogP contribution in [0.5, 0.6) is 23.0 Å². The van der Waals surface area contributed by atoms with Gasteiger partial charge < -0.3 is 60.0 Å². The Kier molecular flexibility index (Phi) is 23.4. The van der Waals surface area contributed by atoms with E-state index in [2.05, 4.69) is 39.9 Å². The number of carbonyl (C=O) groups is 6. The van der Waals surface area contributed by atoms with Crippen LogP contribution < -0.4 is 10.5 Å². The van der Waals surface area contributed by atoms with E-state index in [0.29, 0.717) is 65.8 Å². The third-order valence-corrected chi connectivity index (χ3v) is 18.5. The number of anilines is 1. The summed E-state index contributed by atoms with van der Waals surface area (Å²) >= 11 is 0. The number of nitrogen functional groups attached to an aromatic ring is 1. The van der Waals surface area contributed by atoms with E-state index in [9.17, 15) is 64.4 Å². The van der Waals surface area contributed by atoms with E-state index in [1.54, 1.807) is 63.8 Å². The first-order valence-electron chi connectivity index (χ1n) is 31.1. The summed E-state index contributed by atoms with van der Waals surface area (Å²) in [5.41, 5.74) is 5.30. The number of Topliss-reactive ketones (excluding diaryl/α,β-unsaturated/α-hetero) is 1. The number of phenolic OH excluding ortho intramolecular Hbond substituents is 2. The van der Waals surface area contributed by atoms with Gasteiger partial charge in [-0.05, 0) is 148 Å². The van der Waals surface area contributed by atoms with Crippen molar-refractivity contribution in [2.45, 2.75) is 98.5 Å². The minimum Gasteiger partial charge on any atom is -0.504 e. The van der Waals surface area contributed by atoms with E-state index in [4.69, 9.17) is 25.6 Å². The van der Waals surface area contributed by atoms with Crippen molar-refractivity contribution in [1.29, 1.82) is 5.26 Å². The number of esters is 3. The minimum atomic E-state index is -2.08. The zero-order valence-corrected chi connectivity index (χ0v) is 55.2. The third-order valence-electron chi connectivity index (χ3n) is 18.5. The van der Waals surface area contributed by atoms with Gasteiger partial charge in [0.25, 0.3) is 5.91 Å². The summed E-state index contributed by atoms with van der Waals surface area (Å²) in [6, 6.07) is 21.1. The Bertz CT molecular complexity index is 3980. The Morgan fingerprint density at radius 1 is 0.990 bits per heavy atom. The van der Waals surface area contributed by atoms with Crippen LogP contribution in [0.1, 0.15) is 86.3 Å². The molecule has 1 spiro atoms. The number of carbonyl (C=O) groups excluding carboxylic acids is 6. The molecule has 2 saturated carbocycles. The maximum absolute atomic E-state index is 14.2. The number of nitro benzene ring substituents is 1. The van der Waals surface area contributed by atoms with Crippen molar-refractivity contribution in [3.05, 3.63) is 154 Å². The van der Waals surface area contributed by atoms with Gasteiger partial charge in [0.15, 0.2) is 28.9 Å². The number of nitro groups is 1. The second-order valence-electron chi connectivity index (χ2n) is 24.3. The molecule has 9 atom stereocenters. The zero-order valence-electron chi connectivity index (χ0n) is 55.2. The topological polar surface area (TPSA) is 384 Å². The van der Waals surface area contributed by atoms with Crippen LogP contribution in [0.4, 0.5) is 11.5 Å². The Labute approximate surface area is 555 Å². The number of allylic oxidation sites excluding steroid dienone is 2. The van der Waals surface area contributed by atoms with E-state index in [-0.39, 0.29) is 51.7 Å². The number of likely N-dealkylation sites (tertiary alicyclic amines) is 1. The number of amides is 2. The summed E-state index contributed by atoms with van der Waals surface area (Å²) in [7, 11) is 2.45. The number of likely N-dealkylation sites (N-methyl/N-ethyl adjacent to an activating group) is 1. The Balaban J connectivity index is 0.000000193. The molecule has 4 aliphatic carbocycles. The fourth-order valence-electron chi connectivity index (χ4n) is 13.3. The highest BCUT2D eigenvalue weighted by atomic mass is 16.6. The van der Waals surface area contributed by atoms with Crippen molar-refractivity contribution in [3.8, 4) is 40.3 Å². The number of piperidine rings is 1. The number of para-hydroxylation sites is 1. The number of rotatable bonds is 15. The van der Waals surface area contributed by atoms with Gasteiger partial charge in [0.1, 0.15) is 47.1 Å². The van der Waals surface area contributed by atoms with Gasteiger partial charge >= 0.3 is 23.6 Å². The number of hydrogen-bond donors (Lipinski definition) is 6. The van der Waals surface area contributed by atoms with Crippen molar-refractivity contribution in [2.24, 2.45) is 34.5 Å². The fourth-order valence-corrected chi connectivity index (χ4v) is 13.3. The Hall–Kier alpha value is -10.4. The molecule has 7 N–H and O–H groups in total. The molecule has 508 valence electrons. The molecule has 2 aromatic heterocycles. The van der Waals surface area contributed by atoms with Crippen LogP contribution in [0.15, 0.2) is 138 Å². The molecule has 96 heavy (non-hydrogen) atoms. The summed E-state index contributed by atoms with van der Waals surface area (Å²) < 4.78 is 21.9. The number of ether oxygens (including phenoxy) is 4. The SMILES string of the molecule is C/C=C(/C)C(=O)O[C@H]1C(C)=C[C@]23C(=O)[C@@H](C=C(CO)[C@@H](O)[C@]12O)[C@H]1[C@@H](C[C@H]3C)C1(C)C.C=CC(=O)N1CCC[C@@H](n2nc(-c3ccc(Oc4ccccc4)cc3)c3c(N)ncnc32)C1.CCN(CC)C(=O)/C(C#N)=C/c1cc(O)c(O)c([N+](=O)[O-])c1.COC(=O)/C=C/C(=O)OC. The molecular weight excluding hydrogens is 1240 g/mol. The van der Waals surface area contributed by atoms with E-state index in [1.165, 1.54) is 31.5 Å². The van der Waals surface area contributed by atoms with E-state index >= 15 is 0 Å². The highest BCUT2D eigenvalue weighted by molar-refractivity contribution is 6.02. The van der Waals surface area contributed by atoms with Gasteiger partial charge in [-0.1, -0.05) is 63.8 Å². The minimum absolute atomic E-state index is 0.00566. The quantitative estimate of drug-likeness (QED) is 0.00839. The highest BCUT2D eigenvalue weighted by Crippen LogP contribution is 2.72. The van der Waals surface area contributed by atoms with E-state index in [0.717, 1.165) is 66.7 Å². The number of ketones is 1. The van der Waals surface area contributed by atoms with Crippen molar-refractivity contribution in [3.63, 3.8) is 0 Å². The highest BCUT2D eigenvalue weighted by Gasteiger charge is 2.76. The van der Waals surface area contributed by atoms with Crippen LogP contribution in [0, 0.1) is 55.9 Å². The number of aliphatic hydroxyl groups is 3. The van der Waals surface area contributed by atoms with E-state index in [1.807, 2.05) is 66.2 Å². The first kappa shape index (κ1) is 73.1. The number of aliphatic hydroxyl groups excluding tert-OH is 2. The Morgan fingerprint density at radius 2 is 1.62 bits per heavy atom. The number of aromatic hydroxyl groups is 2. The Morgan fingerprint density at radius 3 is 2.20 bits per heavy atom. The molecule has 2 bridgehead atoms. The molecular formula is C70H81N9O17. The average Bonchev–Trinajstić information content (AvgIpc) is 1.50. The fraction of sp³-hybridized carbons (Fsp3) is 0.400. The van der Waals surface area contributed by atoms with Crippen molar-refractivity contribution >= 4 is 64.1 Å². The summed E-state index contributed by atoms with van der Waals surface area (Å²) in [4.78, 5) is 93.5. The number of nitriles is 1. The summed E-state index contributed by atoms with van der Waals surface area (Å²) in [6.45, 7) is 20.0. The van der Waals surface area contributed by atoms with Gasteiger partial charge in [-0.25, -0.2) is 29.0 Å². The van der Waals surface area contributed by atoms with Crippen LogP contribution in [0.25, 0.3) is 28.4 Å². The van der Waals surface area contributed by atoms with Gasteiger partial charge in [0.05, 0.1) is 42.6 Å². The number of methoxy groups -OCH3 is 2. The normalized spacial score (nSPS) is 23.7. The van der Waals surface area contributed by atoms with Crippen molar-refractivity contribution in [1.82, 2.24) is 29.5 Å². The molecule has 3 aromatic carbocycles. The van der Waals surface area contributed by atoms with Crippen LogP contribution in [0.3, 0.4) is 0 Å². The lowest BCUT2D eigenvalue weighted by atomic mass is 9.59. The molecule has 1 aliphatic heterocycles. The standard InChI is InChI=1S/C25H24N6O2.C25H34O6.C14H15N3O5.C6H8O4/c1-2-21(32)30-14-6-7-18(15-30)31-25-22(24(26)27-16-28-25)23(29-31)17-10-12-20(13-11-17)33-19-8-4-3-5-9-19;1-7-12(2)22(29)31-21-13(3)10-24-14(4)8-17-18(23(17,5)6)16(20(24)28)9-15(11-26)19(27)25(21,24)30;1-3-16(4-2)14(20)10(8-15)5-9-6-11(17(21)22)13(19)12(18)7-9;1-9-5(7)3-4-6(8)10-2/h2-5,8-13,16,18H,1,6-7,14-15H2,(H2,26,27,28);7,9-10,14,16-19,21,26-27,30H,8,11H2,1-6H3;5-7,18-19H,3-4H2,1-2H3;3-4H,1-2H3/b;12-7-;10-5+;4-3+/t18-;14-,16+,17-,18+,19-,21+,24+,25+;;/m11../s1. The predicted molar refractivity (Wildman–Crippen MR) is 353 cm³/mol. The van der Waals surface area contributed by atoms with Gasteiger partial charge in [-0.2, -0.15) is 10.4 Å². The number of nitrogens with zero attached hydrogens (tertiary/aromatic N) is 8. The number of nitrogens with two attached hydrogens (primary N) is 1. The molecule has 0 radical (unpaired) electrons. The smallest absolute Gasteiger partial charge is 0.334 e. The number of hydrogen-bond acceptors (Lipinski definition) is 22. The summed E-state index contributed by atoms with van der Waals surface area (Å²) in [5, 5.41) is 78.1. The average molecular weight is 1320 g/mol. The van der Waals surface area contributed by atoms with Gasteiger partial charge in [-0.15, -0.1) is 0 Å². The van der Waals surface area contributed by atoms with Crippen LogP contribution >= 0.6 is 0 Å².